The molecule has 2 aliphatic heterocycles. The average Bonchev–Trinajstić information content (AvgIpc) is 2.83. The van der Waals surface area contributed by atoms with Crippen LogP contribution in [0.25, 0.3) is 0 Å². The van der Waals surface area contributed by atoms with Crippen LogP contribution in [0.1, 0.15) is 26.3 Å². The van der Waals surface area contributed by atoms with E-state index in [4.69, 9.17) is 4.74 Å². The molecule has 6 nitrogen and oxygen atoms in total. The predicted molar refractivity (Wildman–Crippen MR) is 96.1 cm³/mol. The van der Waals surface area contributed by atoms with Crippen molar-refractivity contribution in [2.24, 2.45) is 0 Å². The molecule has 1 aromatic rings. The van der Waals surface area contributed by atoms with Gasteiger partial charge in [0.2, 0.25) is 5.91 Å². The second-order valence-electron chi connectivity index (χ2n) is 7.38. The fourth-order valence-electron chi connectivity index (χ4n) is 3.27. The number of nitrogens with zero attached hydrogens (tertiary/aromatic N) is 2. The maximum atomic E-state index is 13.0. The van der Waals surface area contributed by atoms with Gasteiger partial charge in [0.1, 0.15) is 17.0 Å². The van der Waals surface area contributed by atoms with E-state index in [0.717, 1.165) is 5.56 Å². The topological polar surface area (TPSA) is 66.9 Å². The van der Waals surface area contributed by atoms with Crippen LogP contribution in [-0.4, -0.2) is 59.4 Å². The lowest BCUT2D eigenvalue weighted by atomic mass is 9.97. The number of esters is 1. The van der Waals surface area contributed by atoms with Gasteiger partial charge in [-0.2, -0.15) is 0 Å². The van der Waals surface area contributed by atoms with Crippen LogP contribution >= 0.6 is 0 Å². The lowest BCUT2D eigenvalue weighted by Gasteiger charge is -2.35. The van der Waals surface area contributed by atoms with Crippen LogP contribution in [0.2, 0.25) is 0 Å². The summed E-state index contributed by atoms with van der Waals surface area (Å²) in [5.41, 5.74) is 0.713. The second-order valence-corrected chi connectivity index (χ2v) is 7.38. The molecule has 0 bridgehead atoms. The summed E-state index contributed by atoms with van der Waals surface area (Å²) in [4.78, 5) is 40.5. The van der Waals surface area contributed by atoms with Crippen molar-refractivity contribution in [1.29, 1.82) is 0 Å². The van der Waals surface area contributed by atoms with Gasteiger partial charge >= 0.3 is 5.97 Å². The van der Waals surface area contributed by atoms with Gasteiger partial charge in [-0.05, 0) is 44.0 Å². The highest BCUT2D eigenvalue weighted by Gasteiger charge is 2.42. The standard InChI is InChI=1S/C20H23FN2O4/c1-13-17(19(26)27-20(13,2)3)18(25)23-10-8-22(9-11-23)16(24)12-14-4-6-15(21)7-5-14/h4-7H,8-12H2,1-3H3. The maximum Gasteiger partial charge on any atom is 0.344 e. The number of benzene rings is 1. The average molecular weight is 374 g/mol. The van der Waals surface area contributed by atoms with Gasteiger partial charge in [-0.3, -0.25) is 9.59 Å². The minimum absolute atomic E-state index is 0.0643. The molecular formula is C20H23FN2O4. The van der Waals surface area contributed by atoms with Crippen molar-refractivity contribution in [2.45, 2.75) is 32.8 Å². The number of carbonyl (C=O) groups excluding carboxylic acids is 3. The number of carbonyl (C=O) groups is 3. The molecule has 2 heterocycles. The van der Waals surface area contributed by atoms with Crippen LogP contribution in [0.15, 0.2) is 35.4 Å². The molecule has 0 spiro atoms. The lowest BCUT2D eigenvalue weighted by molar-refractivity contribution is -0.147. The molecule has 2 aliphatic rings. The van der Waals surface area contributed by atoms with Crippen molar-refractivity contribution in [3.05, 3.63) is 46.8 Å². The molecule has 1 saturated heterocycles. The summed E-state index contributed by atoms with van der Waals surface area (Å²) in [6.07, 6.45) is 0.193. The molecule has 0 atom stereocenters. The van der Waals surface area contributed by atoms with Gasteiger partial charge in [-0.1, -0.05) is 12.1 Å². The molecule has 0 unspecified atom stereocenters. The molecule has 2 amide bonds. The highest BCUT2D eigenvalue weighted by molar-refractivity contribution is 6.18. The van der Waals surface area contributed by atoms with Crippen LogP contribution < -0.4 is 0 Å². The van der Waals surface area contributed by atoms with Crippen LogP contribution in [0.3, 0.4) is 0 Å². The molecule has 0 N–H and O–H groups in total. The fraction of sp³-hybridized carbons (Fsp3) is 0.450. The van der Waals surface area contributed by atoms with E-state index in [1.807, 2.05) is 0 Å². The number of halogens is 1. The minimum atomic E-state index is -0.769. The second kappa shape index (κ2) is 7.13. The summed E-state index contributed by atoms with van der Waals surface area (Å²) in [6, 6.07) is 5.85. The first kappa shape index (κ1) is 19.1. The molecule has 0 aliphatic carbocycles. The first-order valence-electron chi connectivity index (χ1n) is 8.95. The normalized spacial score (nSPS) is 19.3. The van der Waals surface area contributed by atoms with Crippen molar-refractivity contribution >= 4 is 17.8 Å². The third-order valence-electron chi connectivity index (χ3n) is 5.23. The predicted octanol–water partition coefficient (Wildman–Crippen LogP) is 1.69. The highest BCUT2D eigenvalue weighted by atomic mass is 19.1. The highest BCUT2D eigenvalue weighted by Crippen LogP contribution is 2.32. The zero-order valence-corrected chi connectivity index (χ0v) is 15.8. The van der Waals surface area contributed by atoms with E-state index < -0.39 is 11.6 Å². The monoisotopic (exact) mass is 374 g/mol. The van der Waals surface area contributed by atoms with Crippen molar-refractivity contribution in [3.63, 3.8) is 0 Å². The van der Waals surface area contributed by atoms with Gasteiger partial charge in [0.05, 0.1) is 6.42 Å². The quantitative estimate of drug-likeness (QED) is 0.597. The fourth-order valence-corrected chi connectivity index (χ4v) is 3.27. The zero-order valence-electron chi connectivity index (χ0n) is 15.8. The lowest BCUT2D eigenvalue weighted by Crippen LogP contribution is -2.51. The van der Waals surface area contributed by atoms with Crippen LogP contribution in [0.5, 0.6) is 0 Å². The zero-order chi connectivity index (χ0) is 19.8. The third-order valence-corrected chi connectivity index (χ3v) is 5.23. The van der Waals surface area contributed by atoms with E-state index >= 15 is 0 Å². The summed E-state index contributed by atoms with van der Waals surface area (Å²) < 4.78 is 18.2. The van der Waals surface area contributed by atoms with E-state index in [1.54, 1.807) is 42.7 Å². The van der Waals surface area contributed by atoms with Crippen LogP contribution in [0.4, 0.5) is 4.39 Å². The smallest absolute Gasteiger partial charge is 0.344 e. The minimum Gasteiger partial charge on any atom is -0.451 e. The number of rotatable bonds is 3. The number of hydrogen-bond donors (Lipinski definition) is 0. The Morgan fingerprint density at radius 3 is 2.15 bits per heavy atom. The Kier molecular flexibility index (Phi) is 5.04. The summed E-state index contributed by atoms with van der Waals surface area (Å²) in [5.74, 6) is -1.33. The Morgan fingerprint density at radius 1 is 1.07 bits per heavy atom. The molecule has 3 rings (SSSR count). The van der Waals surface area contributed by atoms with E-state index in [0.29, 0.717) is 31.8 Å². The molecule has 144 valence electrons. The van der Waals surface area contributed by atoms with Gasteiger partial charge in [0.25, 0.3) is 5.91 Å². The van der Waals surface area contributed by atoms with E-state index in [1.165, 1.54) is 12.1 Å². The first-order chi connectivity index (χ1) is 12.7. The summed E-state index contributed by atoms with van der Waals surface area (Å²) in [5, 5.41) is 0. The first-order valence-corrected chi connectivity index (χ1v) is 8.95. The molecule has 27 heavy (non-hydrogen) atoms. The van der Waals surface area contributed by atoms with Crippen molar-refractivity contribution in [3.8, 4) is 0 Å². The summed E-state index contributed by atoms with van der Waals surface area (Å²) in [6.45, 7) is 6.77. The number of piperazine rings is 1. The number of amides is 2. The van der Waals surface area contributed by atoms with Gasteiger partial charge < -0.3 is 14.5 Å². The summed E-state index contributed by atoms with van der Waals surface area (Å²) >= 11 is 0. The van der Waals surface area contributed by atoms with Gasteiger partial charge in [0, 0.05) is 26.2 Å². The van der Waals surface area contributed by atoms with E-state index in [-0.39, 0.29) is 29.6 Å². The van der Waals surface area contributed by atoms with Crippen LogP contribution in [0, 0.1) is 5.82 Å². The Labute approximate surface area is 157 Å². The molecule has 0 saturated carbocycles. The number of hydrogen-bond acceptors (Lipinski definition) is 4. The van der Waals surface area contributed by atoms with Crippen LogP contribution in [-0.2, 0) is 25.5 Å². The van der Waals surface area contributed by atoms with Crippen molar-refractivity contribution in [1.82, 2.24) is 9.80 Å². The Balaban J connectivity index is 1.59. The maximum absolute atomic E-state index is 13.0. The Hall–Kier alpha value is -2.70. The Morgan fingerprint density at radius 2 is 1.63 bits per heavy atom. The van der Waals surface area contributed by atoms with Gasteiger partial charge in [0.15, 0.2) is 0 Å². The van der Waals surface area contributed by atoms with E-state index in [9.17, 15) is 18.8 Å². The molecule has 0 radical (unpaired) electrons. The SMILES string of the molecule is CC1=C(C(=O)N2CCN(C(=O)Cc3ccc(F)cc3)CC2)C(=O)OC1(C)C. The Bertz CT molecular complexity index is 806. The molecular weight excluding hydrogens is 351 g/mol. The van der Waals surface area contributed by atoms with E-state index in [2.05, 4.69) is 0 Å². The third kappa shape index (κ3) is 3.86. The molecule has 7 heteroatoms. The molecule has 1 fully saturated rings. The van der Waals surface area contributed by atoms with Gasteiger partial charge in [-0.15, -0.1) is 0 Å². The number of ether oxygens (including phenoxy) is 1. The van der Waals surface area contributed by atoms with Crippen molar-refractivity contribution in [2.75, 3.05) is 26.2 Å². The van der Waals surface area contributed by atoms with Crippen molar-refractivity contribution < 1.29 is 23.5 Å². The number of cyclic esters (lactones) is 1. The largest absolute Gasteiger partial charge is 0.451 e. The molecule has 1 aromatic carbocycles. The van der Waals surface area contributed by atoms with Gasteiger partial charge in [-0.25, -0.2) is 9.18 Å². The summed E-state index contributed by atoms with van der Waals surface area (Å²) in [7, 11) is 0. The molecule has 0 aromatic heterocycles.